The first kappa shape index (κ1) is 16.8. The monoisotopic (exact) mass is 321 g/mol. The van der Waals surface area contributed by atoms with E-state index in [-0.39, 0.29) is 0 Å². The van der Waals surface area contributed by atoms with Crippen molar-refractivity contribution in [3.8, 4) is 11.8 Å². The van der Waals surface area contributed by atoms with E-state index < -0.39 is 5.82 Å². The van der Waals surface area contributed by atoms with Crippen LogP contribution in [0.5, 0.6) is 0 Å². The second kappa shape index (κ2) is 8.80. The van der Waals surface area contributed by atoms with Crippen LogP contribution in [0, 0.1) is 17.7 Å². The van der Waals surface area contributed by atoms with Crippen LogP contribution in [-0.2, 0) is 0 Å². The van der Waals surface area contributed by atoms with Gasteiger partial charge in [-0.25, -0.2) is 4.39 Å². The van der Waals surface area contributed by atoms with E-state index >= 15 is 0 Å². The molecule has 2 aromatic rings. The molecule has 23 heavy (non-hydrogen) atoms. The molecule has 0 heterocycles. The fourth-order valence-corrected chi connectivity index (χ4v) is 2.04. The molecule has 0 aromatic heterocycles. The van der Waals surface area contributed by atoms with Crippen LogP contribution < -0.4 is 0 Å². The molecule has 0 amide bonds. The molecule has 3 heteroatoms. The molecule has 0 radical (unpaired) electrons. The van der Waals surface area contributed by atoms with Gasteiger partial charge in [0.15, 0.2) is 0 Å². The Kier molecular flexibility index (Phi) is 6.44. The average Bonchev–Trinajstić information content (AvgIpc) is 2.56. The van der Waals surface area contributed by atoms with Crippen LogP contribution >= 0.6 is 12.2 Å². The highest BCUT2D eigenvalue weighted by atomic mass is 32.1. The second-order valence-corrected chi connectivity index (χ2v) is 5.11. The minimum Gasteiger partial charge on any atom is -0.206 e. The number of nitrogens with zero attached hydrogens (tertiary/aromatic N) is 1. The lowest BCUT2D eigenvalue weighted by Crippen LogP contribution is -1.83. The Morgan fingerprint density at radius 3 is 2.57 bits per heavy atom. The van der Waals surface area contributed by atoms with Crippen molar-refractivity contribution in [1.29, 1.82) is 0 Å². The SMILES string of the molecule is CCC/C=C/c1ccc(C#Cc2ccc(N=C=S)cc2F)cc1. The number of halogens is 1. The highest BCUT2D eigenvalue weighted by Gasteiger charge is 2.00. The van der Waals surface area contributed by atoms with Crippen LogP contribution in [0.25, 0.3) is 6.08 Å². The summed E-state index contributed by atoms with van der Waals surface area (Å²) in [6, 6.07) is 12.4. The number of isothiocyanates is 1. The summed E-state index contributed by atoms with van der Waals surface area (Å²) in [4.78, 5) is 3.74. The van der Waals surface area contributed by atoms with Gasteiger partial charge in [0.2, 0.25) is 0 Å². The topological polar surface area (TPSA) is 12.4 Å². The van der Waals surface area contributed by atoms with Gasteiger partial charge in [-0.05, 0) is 48.5 Å². The van der Waals surface area contributed by atoms with Gasteiger partial charge in [-0.1, -0.05) is 49.5 Å². The fraction of sp³-hybridized carbons (Fsp3) is 0.150. The number of benzene rings is 2. The van der Waals surface area contributed by atoms with E-state index in [0.29, 0.717) is 11.3 Å². The zero-order valence-electron chi connectivity index (χ0n) is 12.8. The predicted molar refractivity (Wildman–Crippen MR) is 97.5 cm³/mol. The largest absolute Gasteiger partial charge is 0.206 e. The lowest BCUT2D eigenvalue weighted by atomic mass is 10.1. The summed E-state index contributed by atoms with van der Waals surface area (Å²) < 4.78 is 13.9. The van der Waals surface area contributed by atoms with E-state index in [2.05, 4.69) is 53.3 Å². The standard InChI is InChI=1S/C20H16FNS/c1-2-3-4-5-16-6-8-17(9-7-16)10-11-18-12-13-19(22-15-23)14-20(18)21/h4-9,12-14H,2-3H2,1H3/b5-4+. The summed E-state index contributed by atoms with van der Waals surface area (Å²) in [5.41, 5.74) is 2.75. The normalized spacial score (nSPS) is 10.0. The third-order valence-corrected chi connectivity index (χ3v) is 3.24. The molecule has 0 aliphatic rings. The smallest absolute Gasteiger partial charge is 0.141 e. The third kappa shape index (κ3) is 5.30. The number of unbranched alkanes of at least 4 members (excludes halogenated alkanes) is 1. The lowest BCUT2D eigenvalue weighted by Gasteiger charge is -1.96. The van der Waals surface area contributed by atoms with Crippen LogP contribution in [0.4, 0.5) is 10.1 Å². The molecule has 0 bridgehead atoms. The van der Waals surface area contributed by atoms with Gasteiger partial charge in [0.1, 0.15) is 5.82 Å². The zero-order valence-corrected chi connectivity index (χ0v) is 13.7. The Morgan fingerprint density at radius 1 is 1.13 bits per heavy atom. The Labute approximate surface area is 141 Å². The van der Waals surface area contributed by atoms with Crippen molar-refractivity contribution < 1.29 is 4.39 Å². The number of hydrogen-bond acceptors (Lipinski definition) is 2. The zero-order chi connectivity index (χ0) is 16.5. The maximum atomic E-state index is 13.9. The van der Waals surface area contributed by atoms with Gasteiger partial charge >= 0.3 is 0 Å². The van der Waals surface area contributed by atoms with Crippen molar-refractivity contribution >= 4 is 29.1 Å². The summed E-state index contributed by atoms with van der Waals surface area (Å²) in [5.74, 6) is 5.39. The van der Waals surface area contributed by atoms with Gasteiger partial charge in [-0.3, -0.25) is 0 Å². The molecule has 0 saturated carbocycles. The molecular weight excluding hydrogens is 305 g/mol. The molecule has 0 fully saturated rings. The molecule has 0 atom stereocenters. The average molecular weight is 321 g/mol. The molecule has 0 aliphatic heterocycles. The van der Waals surface area contributed by atoms with E-state index in [1.54, 1.807) is 12.1 Å². The highest BCUT2D eigenvalue weighted by Crippen LogP contribution is 2.16. The van der Waals surface area contributed by atoms with Crippen LogP contribution in [0.3, 0.4) is 0 Å². The Hall–Kier alpha value is -2.53. The number of rotatable bonds is 4. The van der Waals surface area contributed by atoms with Gasteiger partial charge < -0.3 is 0 Å². The Bertz CT molecular complexity index is 804. The molecule has 0 saturated heterocycles. The summed E-state index contributed by atoms with van der Waals surface area (Å²) >= 11 is 4.50. The molecule has 0 unspecified atom stereocenters. The van der Waals surface area contributed by atoms with Crippen LogP contribution in [-0.4, -0.2) is 5.16 Å². The Morgan fingerprint density at radius 2 is 1.91 bits per heavy atom. The summed E-state index contributed by atoms with van der Waals surface area (Å²) in [6.45, 7) is 2.15. The van der Waals surface area contributed by atoms with E-state index in [4.69, 9.17) is 0 Å². The van der Waals surface area contributed by atoms with E-state index in [1.807, 2.05) is 24.3 Å². The molecule has 114 valence electrons. The lowest BCUT2D eigenvalue weighted by molar-refractivity contribution is 0.625. The number of aliphatic imine (C=N–C) groups is 1. The third-order valence-electron chi connectivity index (χ3n) is 3.15. The quantitative estimate of drug-likeness (QED) is 0.395. The van der Waals surface area contributed by atoms with Gasteiger partial charge in [-0.15, -0.1) is 0 Å². The summed E-state index contributed by atoms with van der Waals surface area (Å²) in [5, 5.41) is 2.21. The van der Waals surface area contributed by atoms with Gasteiger partial charge in [0.05, 0.1) is 16.4 Å². The van der Waals surface area contributed by atoms with Crippen molar-refractivity contribution in [2.45, 2.75) is 19.8 Å². The number of hydrogen-bond donors (Lipinski definition) is 0. The van der Waals surface area contributed by atoms with Crippen LogP contribution in [0.15, 0.2) is 53.5 Å². The first-order chi connectivity index (χ1) is 11.2. The van der Waals surface area contributed by atoms with Crippen molar-refractivity contribution in [1.82, 2.24) is 0 Å². The summed E-state index contributed by atoms with van der Waals surface area (Å²) in [6.07, 6.45) is 6.46. The number of thiocarbonyl (C=S) groups is 1. The fourth-order valence-electron chi connectivity index (χ4n) is 1.93. The van der Waals surface area contributed by atoms with E-state index in [1.165, 1.54) is 6.07 Å². The molecule has 0 aliphatic carbocycles. The molecule has 1 nitrogen and oxygen atoms in total. The van der Waals surface area contributed by atoms with Gasteiger partial charge in [0.25, 0.3) is 0 Å². The maximum absolute atomic E-state index is 13.9. The molecular formula is C20H16FNS. The minimum absolute atomic E-state index is 0.334. The summed E-state index contributed by atoms with van der Waals surface area (Å²) in [7, 11) is 0. The van der Waals surface area contributed by atoms with Gasteiger partial charge in [-0.2, -0.15) is 4.99 Å². The first-order valence-corrected chi connectivity index (χ1v) is 7.80. The molecule has 2 rings (SSSR count). The van der Waals surface area contributed by atoms with Crippen LogP contribution in [0.1, 0.15) is 36.5 Å². The van der Waals surface area contributed by atoms with E-state index in [9.17, 15) is 4.39 Å². The minimum atomic E-state index is -0.414. The van der Waals surface area contributed by atoms with Crippen molar-refractivity contribution in [3.63, 3.8) is 0 Å². The molecule has 0 N–H and O–H groups in total. The second-order valence-electron chi connectivity index (χ2n) is 4.93. The highest BCUT2D eigenvalue weighted by molar-refractivity contribution is 7.78. The molecule has 0 spiro atoms. The predicted octanol–water partition coefficient (Wildman–Crippen LogP) is 5.77. The van der Waals surface area contributed by atoms with Gasteiger partial charge in [0, 0.05) is 11.6 Å². The maximum Gasteiger partial charge on any atom is 0.141 e. The molecule has 2 aromatic carbocycles. The van der Waals surface area contributed by atoms with Crippen molar-refractivity contribution in [3.05, 3.63) is 71.0 Å². The Balaban J connectivity index is 2.14. The van der Waals surface area contributed by atoms with Crippen molar-refractivity contribution in [2.75, 3.05) is 0 Å². The first-order valence-electron chi connectivity index (χ1n) is 7.39. The number of allylic oxidation sites excluding steroid dienone is 1. The van der Waals surface area contributed by atoms with Crippen LogP contribution in [0.2, 0.25) is 0 Å². The van der Waals surface area contributed by atoms with E-state index in [0.717, 1.165) is 24.0 Å². The van der Waals surface area contributed by atoms with Crippen molar-refractivity contribution in [2.24, 2.45) is 4.99 Å².